The molecule has 1 unspecified atom stereocenters. The maximum Gasteiger partial charge on any atom is 0.223 e. The van der Waals surface area contributed by atoms with E-state index in [4.69, 9.17) is 4.74 Å². The molecule has 1 aliphatic heterocycles. The van der Waals surface area contributed by atoms with Crippen molar-refractivity contribution in [2.45, 2.75) is 32.9 Å². The van der Waals surface area contributed by atoms with Crippen molar-refractivity contribution in [2.75, 3.05) is 62.2 Å². The zero-order valence-electron chi connectivity index (χ0n) is 20.1. The summed E-state index contributed by atoms with van der Waals surface area (Å²) >= 11 is 0. The number of nitrogens with one attached hydrogen (secondary N) is 1. The molecule has 0 aliphatic carbocycles. The van der Waals surface area contributed by atoms with Crippen LogP contribution in [0.3, 0.4) is 0 Å². The van der Waals surface area contributed by atoms with Crippen LogP contribution in [0.1, 0.15) is 20.8 Å². The minimum atomic E-state index is -0.567. The van der Waals surface area contributed by atoms with E-state index in [0.29, 0.717) is 24.9 Å². The number of hydrogen-bond donors (Lipinski definition) is 2. The highest BCUT2D eigenvalue weighted by Crippen LogP contribution is 2.20. The number of benzene rings is 2. The zero-order valence-corrected chi connectivity index (χ0v) is 20.1. The van der Waals surface area contributed by atoms with Crippen molar-refractivity contribution < 1.29 is 14.6 Å². The highest BCUT2D eigenvalue weighted by molar-refractivity contribution is 5.91. The lowest BCUT2D eigenvalue weighted by molar-refractivity contribution is -0.116. The van der Waals surface area contributed by atoms with Gasteiger partial charge in [0.15, 0.2) is 0 Å². The molecule has 0 radical (unpaired) electrons. The van der Waals surface area contributed by atoms with Gasteiger partial charge in [0.1, 0.15) is 18.5 Å². The molecule has 1 saturated heterocycles. The second-order valence-electron chi connectivity index (χ2n) is 8.86. The first-order valence-corrected chi connectivity index (χ1v) is 11.9. The van der Waals surface area contributed by atoms with Gasteiger partial charge in [-0.2, -0.15) is 0 Å². The topological polar surface area (TPSA) is 68.3 Å². The third kappa shape index (κ3) is 8.03. The Bertz CT molecular complexity index is 836. The standard InChI is InChI=1S/C26H38N4O3/c1-21(2)27-19-25(32)20-33-26-11-9-24(10-12-26)30(22(3)31)18-15-28-13-16-29(17-14-28)23-7-5-4-6-8-23/h4-12,21,25,27,32H,13-20H2,1-3H3. The van der Waals surface area contributed by atoms with Crippen LogP contribution in [-0.4, -0.2) is 80.5 Å². The fourth-order valence-corrected chi connectivity index (χ4v) is 3.92. The Labute approximate surface area is 197 Å². The molecule has 0 saturated carbocycles. The predicted octanol–water partition coefficient (Wildman–Crippen LogP) is 2.60. The fourth-order valence-electron chi connectivity index (χ4n) is 3.92. The molecule has 0 bridgehead atoms. The number of carbonyl (C=O) groups is 1. The van der Waals surface area contributed by atoms with Gasteiger partial charge in [0.2, 0.25) is 5.91 Å². The second kappa shape index (κ2) is 12.6. The molecule has 0 aromatic heterocycles. The van der Waals surface area contributed by atoms with Gasteiger partial charge < -0.3 is 25.0 Å². The van der Waals surface area contributed by atoms with Crippen LogP contribution in [0.4, 0.5) is 11.4 Å². The van der Waals surface area contributed by atoms with Crippen molar-refractivity contribution in [3.63, 3.8) is 0 Å². The van der Waals surface area contributed by atoms with E-state index >= 15 is 0 Å². The molecule has 1 fully saturated rings. The van der Waals surface area contributed by atoms with E-state index in [2.05, 4.69) is 39.4 Å². The molecule has 1 heterocycles. The van der Waals surface area contributed by atoms with Crippen LogP contribution in [0.2, 0.25) is 0 Å². The van der Waals surface area contributed by atoms with E-state index < -0.39 is 6.10 Å². The quantitative estimate of drug-likeness (QED) is 0.544. The minimum Gasteiger partial charge on any atom is -0.491 e. The van der Waals surface area contributed by atoms with Gasteiger partial charge in [0.05, 0.1) is 0 Å². The van der Waals surface area contributed by atoms with Crippen LogP contribution in [-0.2, 0) is 4.79 Å². The van der Waals surface area contributed by atoms with Crippen LogP contribution in [0.25, 0.3) is 0 Å². The van der Waals surface area contributed by atoms with Crippen LogP contribution >= 0.6 is 0 Å². The van der Waals surface area contributed by atoms with E-state index in [9.17, 15) is 9.90 Å². The molecule has 180 valence electrons. The van der Waals surface area contributed by atoms with E-state index in [1.165, 1.54) is 5.69 Å². The van der Waals surface area contributed by atoms with Gasteiger partial charge in [-0.05, 0) is 36.4 Å². The molecule has 7 heteroatoms. The Kier molecular flexibility index (Phi) is 9.54. The number of anilines is 2. The SMILES string of the molecule is CC(=O)N(CCN1CCN(c2ccccc2)CC1)c1ccc(OCC(O)CNC(C)C)cc1. The summed E-state index contributed by atoms with van der Waals surface area (Å²) in [6, 6.07) is 18.4. The Hall–Kier alpha value is -2.61. The normalized spacial score (nSPS) is 15.5. The first-order chi connectivity index (χ1) is 15.9. The largest absolute Gasteiger partial charge is 0.491 e. The number of ether oxygens (including phenoxy) is 1. The van der Waals surface area contributed by atoms with Crippen LogP contribution in [0.5, 0.6) is 5.75 Å². The van der Waals surface area contributed by atoms with Crippen molar-refractivity contribution in [1.82, 2.24) is 10.2 Å². The Balaban J connectivity index is 1.46. The maximum absolute atomic E-state index is 12.3. The molecule has 7 nitrogen and oxygen atoms in total. The van der Waals surface area contributed by atoms with Gasteiger partial charge in [-0.3, -0.25) is 9.69 Å². The summed E-state index contributed by atoms with van der Waals surface area (Å²) in [6.45, 7) is 11.9. The molecule has 2 aromatic rings. The third-order valence-corrected chi connectivity index (χ3v) is 5.87. The van der Waals surface area contributed by atoms with Gasteiger partial charge in [0, 0.05) is 70.2 Å². The van der Waals surface area contributed by atoms with E-state index in [1.54, 1.807) is 6.92 Å². The number of aliphatic hydroxyl groups is 1. The number of para-hydroxylation sites is 1. The Morgan fingerprint density at radius 3 is 2.33 bits per heavy atom. The molecule has 3 rings (SSSR count). The summed E-state index contributed by atoms with van der Waals surface area (Å²) in [4.78, 5) is 18.9. The lowest BCUT2D eigenvalue weighted by Crippen LogP contribution is -2.49. The van der Waals surface area contributed by atoms with Gasteiger partial charge in [-0.15, -0.1) is 0 Å². The minimum absolute atomic E-state index is 0.0294. The summed E-state index contributed by atoms with van der Waals surface area (Å²) in [5, 5.41) is 13.2. The van der Waals surface area contributed by atoms with Gasteiger partial charge in [-0.25, -0.2) is 0 Å². The average Bonchev–Trinajstić information content (AvgIpc) is 2.83. The first-order valence-electron chi connectivity index (χ1n) is 11.9. The highest BCUT2D eigenvalue weighted by atomic mass is 16.5. The third-order valence-electron chi connectivity index (χ3n) is 5.87. The Morgan fingerprint density at radius 1 is 1.06 bits per heavy atom. The van der Waals surface area contributed by atoms with Crippen LogP contribution in [0, 0.1) is 0 Å². The van der Waals surface area contributed by atoms with Gasteiger partial charge in [-0.1, -0.05) is 32.0 Å². The first kappa shape index (κ1) is 25.0. The lowest BCUT2D eigenvalue weighted by atomic mass is 10.2. The smallest absolute Gasteiger partial charge is 0.223 e. The Morgan fingerprint density at radius 2 is 1.73 bits per heavy atom. The van der Waals surface area contributed by atoms with Crippen molar-refractivity contribution in [2.24, 2.45) is 0 Å². The lowest BCUT2D eigenvalue weighted by Gasteiger charge is -2.37. The van der Waals surface area contributed by atoms with E-state index in [1.807, 2.05) is 49.1 Å². The molecule has 1 atom stereocenters. The number of hydrogen-bond acceptors (Lipinski definition) is 6. The summed E-state index contributed by atoms with van der Waals surface area (Å²) < 4.78 is 5.69. The van der Waals surface area contributed by atoms with Crippen molar-refractivity contribution in [3.05, 3.63) is 54.6 Å². The molecular formula is C26H38N4O3. The van der Waals surface area contributed by atoms with Crippen LogP contribution in [0.15, 0.2) is 54.6 Å². The van der Waals surface area contributed by atoms with Crippen molar-refractivity contribution in [3.8, 4) is 5.75 Å². The monoisotopic (exact) mass is 454 g/mol. The zero-order chi connectivity index (χ0) is 23.6. The summed E-state index contributed by atoms with van der Waals surface area (Å²) in [5.41, 5.74) is 2.13. The second-order valence-corrected chi connectivity index (χ2v) is 8.86. The predicted molar refractivity (Wildman–Crippen MR) is 134 cm³/mol. The molecule has 2 aromatic carbocycles. The maximum atomic E-state index is 12.3. The summed E-state index contributed by atoms with van der Waals surface area (Å²) in [5.74, 6) is 0.713. The van der Waals surface area contributed by atoms with Gasteiger partial charge >= 0.3 is 0 Å². The fraction of sp³-hybridized carbons (Fsp3) is 0.500. The van der Waals surface area contributed by atoms with Gasteiger partial charge in [0.25, 0.3) is 0 Å². The van der Waals surface area contributed by atoms with E-state index in [0.717, 1.165) is 38.4 Å². The summed E-state index contributed by atoms with van der Waals surface area (Å²) in [7, 11) is 0. The molecule has 1 amide bonds. The molecular weight excluding hydrogens is 416 g/mol. The van der Waals surface area contributed by atoms with Crippen molar-refractivity contribution >= 4 is 17.3 Å². The molecule has 33 heavy (non-hydrogen) atoms. The molecule has 0 spiro atoms. The van der Waals surface area contributed by atoms with Crippen molar-refractivity contribution in [1.29, 1.82) is 0 Å². The number of carbonyl (C=O) groups excluding carboxylic acids is 1. The van der Waals surface area contributed by atoms with E-state index in [-0.39, 0.29) is 12.5 Å². The molecule has 2 N–H and O–H groups in total. The number of aliphatic hydroxyl groups excluding tert-OH is 1. The summed E-state index contributed by atoms with van der Waals surface area (Å²) in [6.07, 6.45) is -0.567. The molecule has 1 aliphatic rings. The number of amides is 1. The number of piperazine rings is 1. The highest BCUT2D eigenvalue weighted by Gasteiger charge is 2.19. The average molecular weight is 455 g/mol. The number of nitrogens with zero attached hydrogens (tertiary/aromatic N) is 3. The number of rotatable bonds is 11. The van der Waals surface area contributed by atoms with Crippen LogP contribution < -0.4 is 19.9 Å².